The van der Waals surface area contributed by atoms with E-state index in [2.05, 4.69) is 40.7 Å². The number of benzene rings is 2. The van der Waals surface area contributed by atoms with Crippen molar-refractivity contribution in [1.82, 2.24) is 14.5 Å². The van der Waals surface area contributed by atoms with Crippen LogP contribution < -0.4 is 4.74 Å². The number of imidazole rings is 1. The average molecular weight is 349 g/mol. The molecule has 0 spiro atoms. The molecule has 4 heteroatoms. The van der Waals surface area contributed by atoms with Gasteiger partial charge in [0.25, 0.3) is 0 Å². The highest BCUT2D eigenvalue weighted by Gasteiger charge is 2.23. The van der Waals surface area contributed by atoms with Crippen LogP contribution in [-0.4, -0.2) is 34.1 Å². The zero-order valence-corrected chi connectivity index (χ0v) is 15.5. The van der Waals surface area contributed by atoms with E-state index in [9.17, 15) is 0 Å². The Morgan fingerprint density at radius 2 is 1.69 bits per heavy atom. The van der Waals surface area contributed by atoms with Gasteiger partial charge in [-0.05, 0) is 57.1 Å². The molecule has 0 N–H and O–H groups in total. The summed E-state index contributed by atoms with van der Waals surface area (Å²) >= 11 is 0. The largest absolute Gasteiger partial charge is 0.492 e. The minimum Gasteiger partial charge on any atom is -0.492 e. The second-order valence-electron chi connectivity index (χ2n) is 7.04. The number of piperidine rings is 1. The molecule has 2 heterocycles. The number of nitrogens with zero attached hydrogens (tertiary/aromatic N) is 3. The highest BCUT2D eigenvalue weighted by atomic mass is 16.5. The molecule has 1 aliphatic heterocycles. The van der Waals surface area contributed by atoms with Crippen molar-refractivity contribution in [2.75, 3.05) is 19.7 Å². The molecule has 0 amide bonds. The van der Waals surface area contributed by atoms with Crippen LogP contribution in [-0.2, 0) is 6.54 Å². The normalized spacial score (nSPS) is 16.7. The van der Waals surface area contributed by atoms with Crippen molar-refractivity contribution in [3.05, 3.63) is 60.4 Å². The molecule has 0 saturated carbocycles. The molecule has 1 aromatic heterocycles. The van der Waals surface area contributed by atoms with Crippen LogP contribution in [0.25, 0.3) is 11.0 Å². The van der Waals surface area contributed by atoms with E-state index < -0.39 is 0 Å². The average Bonchev–Trinajstić information content (AvgIpc) is 3.08. The maximum Gasteiger partial charge on any atom is 0.127 e. The third kappa shape index (κ3) is 3.61. The minimum atomic E-state index is 0.333. The van der Waals surface area contributed by atoms with Gasteiger partial charge in [-0.3, -0.25) is 4.90 Å². The Morgan fingerprint density at radius 3 is 2.50 bits per heavy atom. The molecule has 0 radical (unpaired) electrons. The lowest BCUT2D eigenvalue weighted by atomic mass is 10.1. The first-order chi connectivity index (χ1) is 12.8. The van der Waals surface area contributed by atoms with Crippen LogP contribution in [0.5, 0.6) is 5.75 Å². The van der Waals surface area contributed by atoms with Gasteiger partial charge >= 0.3 is 0 Å². The predicted molar refractivity (Wildman–Crippen MR) is 106 cm³/mol. The fraction of sp³-hybridized carbons (Fsp3) is 0.409. The summed E-state index contributed by atoms with van der Waals surface area (Å²) in [7, 11) is 0. The molecule has 0 bridgehead atoms. The van der Waals surface area contributed by atoms with Gasteiger partial charge in [0.1, 0.15) is 18.2 Å². The molecule has 1 saturated heterocycles. The Labute approximate surface area is 155 Å². The number of hydrogen-bond acceptors (Lipinski definition) is 3. The zero-order valence-electron chi connectivity index (χ0n) is 15.5. The summed E-state index contributed by atoms with van der Waals surface area (Å²) in [4.78, 5) is 7.55. The van der Waals surface area contributed by atoms with Gasteiger partial charge in [0, 0.05) is 0 Å². The summed E-state index contributed by atoms with van der Waals surface area (Å²) in [5.74, 6) is 2.08. The van der Waals surface area contributed by atoms with Crippen LogP contribution in [0.2, 0.25) is 0 Å². The van der Waals surface area contributed by atoms with E-state index in [0.29, 0.717) is 12.6 Å². The summed E-state index contributed by atoms with van der Waals surface area (Å²) in [6.45, 7) is 6.09. The van der Waals surface area contributed by atoms with Gasteiger partial charge in [-0.15, -0.1) is 0 Å². The molecule has 1 fully saturated rings. The number of hydrogen-bond donors (Lipinski definition) is 0. The maximum absolute atomic E-state index is 5.95. The number of para-hydroxylation sites is 3. The van der Waals surface area contributed by atoms with Crippen molar-refractivity contribution in [3.63, 3.8) is 0 Å². The predicted octanol–water partition coefficient (Wildman–Crippen LogP) is 4.66. The molecular weight excluding hydrogens is 322 g/mol. The minimum absolute atomic E-state index is 0.333. The zero-order chi connectivity index (χ0) is 17.8. The fourth-order valence-electron chi connectivity index (χ4n) is 3.89. The molecule has 3 aromatic rings. The number of rotatable bonds is 6. The van der Waals surface area contributed by atoms with Crippen molar-refractivity contribution in [2.45, 2.75) is 38.8 Å². The SMILES string of the molecule is CC(c1nc2ccccc2n1CCOc1ccccc1)N1CCCCC1. The van der Waals surface area contributed by atoms with Crippen LogP contribution in [0.4, 0.5) is 0 Å². The van der Waals surface area contributed by atoms with Crippen molar-refractivity contribution in [1.29, 1.82) is 0 Å². The monoisotopic (exact) mass is 349 g/mol. The van der Waals surface area contributed by atoms with Crippen LogP contribution in [0.3, 0.4) is 0 Å². The standard InChI is InChI=1S/C22H27N3O/c1-18(24-14-8-3-9-15-24)22-23-20-12-6-7-13-21(20)25(22)16-17-26-19-10-4-2-5-11-19/h2,4-7,10-13,18H,3,8-9,14-17H2,1H3. The van der Waals surface area contributed by atoms with Crippen LogP contribution in [0, 0.1) is 0 Å². The third-order valence-corrected chi connectivity index (χ3v) is 5.32. The molecule has 1 atom stereocenters. The van der Waals surface area contributed by atoms with Crippen molar-refractivity contribution in [3.8, 4) is 5.75 Å². The molecule has 136 valence electrons. The van der Waals surface area contributed by atoms with Crippen LogP contribution in [0.15, 0.2) is 54.6 Å². The van der Waals surface area contributed by atoms with Crippen LogP contribution >= 0.6 is 0 Å². The van der Waals surface area contributed by atoms with Crippen molar-refractivity contribution in [2.24, 2.45) is 0 Å². The Morgan fingerprint density at radius 1 is 0.962 bits per heavy atom. The molecule has 0 aliphatic carbocycles. The first kappa shape index (κ1) is 17.1. The fourth-order valence-corrected chi connectivity index (χ4v) is 3.89. The lowest BCUT2D eigenvalue weighted by Gasteiger charge is -2.32. The van der Waals surface area contributed by atoms with E-state index in [4.69, 9.17) is 9.72 Å². The number of aromatic nitrogens is 2. The highest BCUT2D eigenvalue weighted by Crippen LogP contribution is 2.27. The lowest BCUT2D eigenvalue weighted by molar-refractivity contribution is 0.165. The van der Waals surface area contributed by atoms with E-state index in [0.717, 1.165) is 23.6 Å². The smallest absolute Gasteiger partial charge is 0.127 e. The Balaban J connectivity index is 1.57. The van der Waals surface area contributed by atoms with Gasteiger partial charge in [-0.25, -0.2) is 4.98 Å². The van der Waals surface area contributed by atoms with Gasteiger partial charge in [0.2, 0.25) is 0 Å². The summed E-state index contributed by atoms with van der Waals surface area (Å²) in [6.07, 6.45) is 3.94. The molecular formula is C22H27N3O. The maximum atomic E-state index is 5.95. The Hall–Kier alpha value is -2.33. The highest BCUT2D eigenvalue weighted by molar-refractivity contribution is 5.76. The molecule has 1 unspecified atom stereocenters. The summed E-state index contributed by atoms with van der Waals surface area (Å²) < 4.78 is 8.29. The van der Waals surface area contributed by atoms with Gasteiger partial charge in [0.05, 0.1) is 23.6 Å². The quantitative estimate of drug-likeness (QED) is 0.648. The second kappa shape index (κ2) is 7.92. The van der Waals surface area contributed by atoms with E-state index >= 15 is 0 Å². The molecule has 26 heavy (non-hydrogen) atoms. The lowest BCUT2D eigenvalue weighted by Crippen LogP contribution is -2.34. The van der Waals surface area contributed by atoms with Gasteiger partial charge < -0.3 is 9.30 Å². The molecule has 2 aromatic carbocycles. The van der Waals surface area contributed by atoms with E-state index in [-0.39, 0.29) is 0 Å². The van der Waals surface area contributed by atoms with Gasteiger partial charge in [0.15, 0.2) is 0 Å². The van der Waals surface area contributed by atoms with Crippen molar-refractivity contribution >= 4 is 11.0 Å². The van der Waals surface area contributed by atoms with Gasteiger partial charge in [-0.1, -0.05) is 36.8 Å². The number of likely N-dealkylation sites (tertiary alicyclic amines) is 1. The Kier molecular flexibility index (Phi) is 5.21. The Bertz CT molecular complexity index is 837. The first-order valence-corrected chi connectivity index (χ1v) is 9.70. The molecule has 1 aliphatic rings. The summed E-state index contributed by atoms with van der Waals surface area (Å²) in [5, 5.41) is 0. The van der Waals surface area contributed by atoms with Crippen LogP contribution in [0.1, 0.15) is 38.1 Å². The molecule has 4 nitrogen and oxygen atoms in total. The number of fused-ring (bicyclic) bond motifs is 1. The van der Waals surface area contributed by atoms with E-state index in [1.54, 1.807) is 0 Å². The third-order valence-electron chi connectivity index (χ3n) is 5.32. The summed E-state index contributed by atoms with van der Waals surface area (Å²) in [5.41, 5.74) is 2.27. The summed E-state index contributed by atoms with van der Waals surface area (Å²) in [6, 6.07) is 18.8. The number of ether oxygens (including phenoxy) is 1. The molecule has 4 rings (SSSR count). The van der Waals surface area contributed by atoms with E-state index in [1.165, 1.54) is 37.9 Å². The van der Waals surface area contributed by atoms with Gasteiger partial charge in [-0.2, -0.15) is 0 Å². The second-order valence-corrected chi connectivity index (χ2v) is 7.04. The van der Waals surface area contributed by atoms with Crippen molar-refractivity contribution < 1.29 is 4.74 Å². The topological polar surface area (TPSA) is 30.3 Å². The van der Waals surface area contributed by atoms with E-state index in [1.807, 2.05) is 30.3 Å². The first-order valence-electron chi connectivity index (χ1n) is 9.70.